The van der Waals surface area contributed by atoms with Gasteiger partial charge in [-0.2, -0.15) is 50.5 Å². The quantitative estimate of drug-likeness (QED) is 0.0408. The molecular formula is C45H49N15O6S5. The number of aromatic nitrogens is 7. The van der Waals surface area contributed by atoms with Gasteiger partial charge in [0.1, 0.15) is 11.4 Å². The van der Waals surface area contributed by atoms with Gasteiger partial charge in [-0.15, -0.1) is 20.5 Å². The van der Waals surface area contributed by atoms with Gasteiger partial charge in [0, 0.05) is 77.0 Å². The van der Waals surface area contributed by atoms with Crippen molar-refractivity contribution in [1.82, 2.24) is 33.7 Å². The number of rotatable bonds is 20. The first kappa shape index (κ1) is 51.0. The Kier molecular flexibility index (Phi) is 16.3. The van der Waals surface area contributed by atoms with Crippen molar-refractivity contribution in [2.24, 2.45) is 20.5 Å². The number of nitrogens with one attached hydrogen (secondary N) is 2. The second-order valence-corrected chi connectivity index (χ2v) is 21.4. The van der Waals surface area contributed by atoms with E-state index in [4.69, 9.17) is 15.0 Å². The molecule has 0 saturated heterocycles. The molecular weight excluding hydrogens is 1010 g/mol. The molecule has 8 rings (SSSR count). The number of hydrogen-bond donors (Lipinski definition) is 4. The molecule has 0 aliphatic heterocycles. The summed E-state index contributed by atoms with van der Waals surface area (Å²) in [6.45, 7) is 11.3. The first-order valence-electron chi connectivity index (χ1n) is 22.6. The fourth-order valence-electron chi connectivity index (χ4n) is 7.62. The van der Waals surface area contributed by atoms with Crippen LogP contribution in [0.25, 0.3) is 22.8 Å². The number of hydrogen-bond acceptors (Lipinski definition) is 22. The molecule has 0 unspecified atom stereocenters. The van der Waals surface area contributed by atoms with Gasteiger partial charge in [-0.25, -0.2) is 0 Å². The van der Waals surface area contributed by atoms with Crippen LogP contribution >= 0.6 is 34.8 Å². The van der Waals surface area contributed by atoms with Gasteiger partial charge in [0.05, 0.1) is 21.2 Å². The molecule has 71 heavy (non-hydrogen) atoms. The third-order valence-electron chi connectivity index (χ3n) is 11.2. The normalized spacial score (nSPS) is 13.5. The van der Waals surface area contributed by atoms with E-state index in [0.717, 1.165) is 86.3 Å². The molecule has 370 valence electrons. The van der Waals surface area contributed by atoms with Crippen LogP contribution in [0, 0.1) is 0 Å². The molecule has 21 nitrogen and oxygen atoms in total. The van der Waals surface area contributed by atoms with E-state index in [1.165, 1.54) is 42.8 Å². The molecule has 4 N–H and O–H groups in total. The lowest BCUT2D eigenvalue weighted by molar-refractivity contribution is 0.481. The lowest BCUT2D eigenvalue weighted by atomic mass is 10.0. The first-order chi connectivity index (χ1) is 34.2. The Morgan fingerprint density at radius 1 is 0.592 bits per heavy atom. The van der Waals surface area contributed by atoms with Crippen molar-refractivity contribution in [1.29, 1.82) is 0 Å². The monoisotopic (exact) mass is 1060 g/mol. The molecule has 0 amide bonds. The Bertz CT molecular complexity index is 3080. The largest absolute Gasteiger partial charge is 0.372 e. The summed E-state index contributed by atoms with van der Waals surface area (Å²) in [5.74, 6) is 0.935. The molecule has 1 saturated carbocycles. The maximum atomic E-state index is 11.8. The van der Waals surface area contributed by atoms with Crippen LogP contribution < -0.4 is 20.4 Å². The Hall–Kier alpha value is -6.42. The second kappa shape index (κ2) is 22.8. The van der Waals surface area contributed by atoms with Crippen molar-refractivity contribution in [3.05, 3.63) is 84.9 Å². The van der Waals surface area contributed by atoms with Gasteiger partial charge >= 0.3 is 0 Å². The minimum atomic E-state index is -4.43. The molecule has 1 fully saturated rings. The van der Waals surface area contributed by atoms with Crippen LogP contribution in [0.2, 0.25) is 0 Å². The number of thioether (sulfide) groups is 1. The number of anilines is 6. The van der Waals surface area contributed by atoms with Crippen molar-refractivity contribution in [2.75, 3.05) is 46.6 Å². The van der Waals surface area contributed by atoms with Crippen molar-refractivity contribution in [2.45, 2.75) is 80.0 Å². The second-order valence-electron chi connectivity index (χ2n) is 15.8. The van der Waals surface area contributed by atoms with Crippen LogP contribution in [0.4, 0.5) is 56.3 Å². The minimum Gasteiger partial charge on any atom is -0.372 e. The highest BCUT2D eigenvalue weighted by Crippen LogP contribution is 2.39. The Morgan fingerprint density at radius 2 is 1.04 bits per heavy atom. The summed E-state index contributed by atoms with van der Waals surface area (Å²) in [7, 11) is -8.87. The fourth-order valence-corrected chi connectivity index (χ4v) is 10.9. The molecule has 7 aromatic rings. The maximum Gasteiger partial charge on any atom is 0.294 e. The Morgan fingerprint density at radius 3 is 1.46 bits per heavy atom. The first-order valence-corrected chi connectivity index (χ1v) is 27.9. The zero-order valence-electron chi connectivity index (χ0n) is 38.9. The average molecular weight is 1060 g/mol. The van der Waals surface area contributed by atoms with Crippen LogP contribution in [-0.2, 0) is 20.2 Å². The summed E-state index contributed by atoms with van der Waals surface area (Å²) in [6, 6.07) is 22.9. The molecule has 3 heterocycles. The highest BCUT2D eigenvalue weighted by atomic mass is 32.2. The average Bonchev–Trinajstić information content (AvgIpc) is 4.05. The highest BCUT2D eigenvalue weighted by molar-refractivity contribution is 7.99. The van der Waals surface area contributed by atoms with E-state index in [-0.39, 0.29) is 43.6 Å². The van der Waals surface area contributed by atoms with Crippen LogP contribution in [0.3, 0.4) is 0 Å². The third kappa shape index (κ3) is 13.1. The van der Waals surface area contributed by atoms with Crippen LogP contribution in [0.15, 0.2) is 120 Å². The van der Waals surface area contributed by atoms with E-state index in [1.54, 1.807) is 23.9 Å². The summed E-state index contributed by atoms with van der Waals surface area (Å²) >= 11 is 3.56. The van der Waals surface area contributed by atoms with Gasteiger partial charge in [-0.3, -0.25) is 9.11 Å². The summed E-state index contributed by atoms with van der Waals surface area (Å²) in [6.07, 6.45) is 5.50. The predicted octanol–water partition coefficient (Wildman–Crippen LogP) is 11.8. The van der Waals surface area contributed by atoms with Gasteiger partial charge in [-0.1, -0.05) is 55.3 Å². The van der Waals surface area contributed by atoms with Crippen molar-refractivity contribution in [3.8, 4) is 22.8 Å². The summed E-state index contributed by atoms with van der Waals surface area (Å²) in [5.41, 5.74) is 4.61. The van der Waals surface area contributed by atoms with Crippen molar-refractivity contribution in [3.63, 3.8) is 0 Å². The van der Waals surface area contributed by atoms with E-state index in [0.29, 0.717) is 44.3 Å². The SMILES string of the molecule is CCN(CC)c1ccc(N=Nc2nc(-c3cccc(S(=O)(=O)O)c3)ns2)c(Nc2nc(Nc3cc(N(CC)CC)ccc3N=Nc3nc(-c4cccc(S(=O)(=O)O)c4)ns3)nc(SC3CCCCC3)n2)c1. The predicted molar refractivity (Wildman–Crippen MR) is 278 cm³/mol. The molecule has 26 heteroatoms. The van der Waals surface area contributed by atoms with Gasteiger partial charge in [-0.05, 0) is 101 Å². The fraction of sp³-hybridized carbons (Fsp3) is 0.311. The number of nitrogens with zero attached hydrogens (tertiary/aromatic N) is 13. The van der Waals surface area contributed by atoms with E-state index in [1.807, 2.05) is 36.4 Å². The molecule has 3 aromatic heterocycles. The molecule has 1 aliphatic rings. The van der Waals surface area contributed by atoms with Crippen LogP contribution in [0.5, 0.6) is 0 Å². The standard InChI is InChI=1S/C45H49N15O6S5/c1-5-59(6-2)30-20-22-35(53-55-44-48-39(57-68-44)28-14-12-18-33(24-28)70(61,62)63)37(26-30)46-41-50-42(52-43(51-41)67-32-16-10-9-11-17-32)47-38-27-31(60(7-3)8-4)21-23-36(38)54-56-45-49-40(58-69-45)29-15-13-19-34(25-29)71(64,65)66/h12-15,18-27,32H,5-11,16-17H2,1-4H3,(H,61,62,63)(H,64,65,66)(H2,46,47,50,51,52). The van der Waals surface area contributed by atoms with Crippen molar-refractivity contribution >= 4 is 111 Å². The van der Waals surface area contributed by atoms with Crippen LogP contribution in [0.1, 0.15) is 59.8 Å². The minimum absolute atomic E-state index is 0.214. The molecule has 1 aliphatic carbocycles. The Labute approximate surface area is 423 Å². The van der Waals surface area contributed by atoms with Crippen LogP contribution in [-0.4, -0.2) is 91.0 Å². The van der Waals surface area contributed by atoms with E-state index in [2.05, 4.69) is 87.3 Å². The summed E-state index contributed by atoms with van der Waals surface area (Å²) in [5, 5.41) is 26.1. The third-order valence-corrected chi connectivity index (χ3v) is 15.3. The summed E-state index contributed by atoms with van der Waals surface area (Å²) in [4.78, 5) is 27.5. The summed E-state index contributed by atoms with van der Waals surface area (Å²) < 4.78 is 75.0. The van der Waals surface area contributed by atoms with E-state index >= 15 is 0 Å². The zero-order chi connectivity index (χ0) is 50.1. The lowest BCUT2D eigenvalue weighted by Gasteiger charge is -2.23. The van der Waals surface area contributed by atoms with E-state index in [9.17, 15) is 25.9 Å². The maximum absolute atomic E-state index is 11.8. The Balaban J connectivity index is 1.14. The molecule has 0 bridgehead atoms. The number of benzene rings is 4. The smallest absolute Gasteiger partial charge is 0.294 e. The molecule has 0 atom stereocenters. The zero-order valence-corrected chi connectivity index (χ0v) is 43.0. The van der Waals surface area contributed by atoms with Gasteiger partial charge in [0.15, 0.2) is 16.8 Å². The van der Waals surface area contributed by atoms with Gasteiger partial charge in [0.2, 0.25) is 22.2 Å². The highest BCUT2D eigenvalue weighted by Gasteiger charge is 2.21. The van der Waals surface area contributed by atoms with Gasteiger partial charge in [0.25, 0.3) is 20.2 Å². The van der Waals surface area contributed by atoms with Crippen molar-refractivity contribution < 1.29 is 25.9 Å². The van der Waals surface area contributed by atoms with E-state index < -0.39 is 20.2 Å². The molecule has 4 aromatic carbocycles. The lowest BCUT2D eigenvalue weighted by Crippen LogP contribution is -2.21. The van der Waals surface area contributed by atoms with Gasteiger partial charge < -0.3 is 20.4 Å². The number of azo groups is 2. The topological polar surface area (TPSA) is 279 Å². The molecule has 0 spiro atoms. The molecule has 0 radical (unpaired) electrons.